The Hall–Kier alpha value is -0.570. The zero-order valence-electron chi connectivity index (χ0n) is 11.2. The van der Waals surface area contributed by atoms with Crippen LogP contribution in [-0.4, -0.2) is 37.0 Å². The number of carbonyl (C=O) groups excluding carboxylic acids is 1. The Morgan fingerprint density at radius 3 is 2.71 bits per heavy atom. The van der Waals surface area contributed by atoms with E-state index in [0.717, 1.165) is 19.5 Å². The maximum atomic E-state index is 12.6. The van der Waals surface area contributed by atoms with Crippen molar-refractivity contribution in [3.8, 4) is 0 Å². The molecule has 0 aromatic heterocycles. The fourth-order valence-corrected chi connectivity index (χ4v) is 3.46. The van der Waals surface area contributed by atoms with Crippen molar-refractivity contribution in [3.63, 3.8) is 0 Å². The maximum absolute atomic E-state index is 12.6. The molecule has 2 aliphatic rings. The summed E-state index contributed by atoms with van der Waals surface area (Å²) >= 11 is 0. The van der Waals surface area contributed by atoms with E-state index in [1.807, 2.05) is 7.05 Å². The van der Waals surface area contributed by atoms with E-state index in [-0.39, 0.29) is 0 Å². The normalized spacial score (nSPS) is 34.0. The third kappa shape index (κ3) is 2.82. The van der Waals surface area contributed by atoms with E-state index in [1.54, 1.807) is 0 Å². The fraction of sp³-hybridized carbons (Fsp3) is 0.929. The van der Waals surface area contributed by atoms with E-state index in [2.05, 4.69) is 17.1 Å². The Kier molecular flexibility index (Phi) is 4.43. The molecule has 1 heterocycles. The highest BCUT2D eigenvalue weighted by Gasteiger charge is 2.36. The van der Waals surface area contributed by atoms with Gasteiger partial charge in [0.25, 0.3) is 0 Å². The molecule has 98 valence electrons. The van der Waals surface area contributed by atoms with Gasteiger partial charge in [-0.2, -0.15) is 0 Å². The minimum absolute atomic E-state index is 0.312. The Bertz CT molecular complexity index is 265. The lowest BCUT2D eigenvalue weighted by molar-refractivity contribution is -0.140. The number of hydrogen-bond donors (Lipinski definition) is 1. The average molecular weight is 238 g/mol. The van der Waals surface area contributed by atoms with E-state index in [0.29, 0.717) is 23.8 Å². The van der Waals surface area contributed by atoms with Crippen LogP contribution in [0.25, 0.3) is 0 Å². The smallest absolute Gasteiger partial charge is 0.226 e. The van der Waals surface area contributed by atoms with Crippen LogP contribution in [0, 0.1) is 11.8 Å². The molecule has 0 spiro atoms. The first-order valence-corrected chi connectivity index (χ1v) is 7.19. The zero-order valence-corrected chi connectivity index (χ0v) is 11.2. The molecule has 2 rings (SSSR count). The first kappa shape index (κ1) is 12.9. The Balaban J connectivity index is 2.00. The molecule has 1 aliphatic heterocycles. The Morgan fingerprint density at radius 2 is 2.06 bits per heavy atom. The van der Waals surface area contributed by atoms with Gasteiger partial charge in [-0.3, -0.25) is 4.79 Å². The molecule has 0 radical (unpaired) electrons. The van der Waals surface area contributed by atoms with Crippen LogP contribution < -0.4 is 5.32 Å². The molecule has 3 nitrogen and oxygen atoms in total. The fourth-order valence-electron chi connectivity index (χ4n) is 3.46. The summed E-state index contributed by atoms with van der Waals surface area (Å²) in [6.45, 7) is 4.17. The lowest BCUT2D eigenvalue weighted by atomic mass is 9.93. The van der Waals surface area contributed by atoms with Crippen molar-refractivity contribution < 1.29 is 4.79 Å². The molecule has 0 bridgehead atoms. The van der Waals surface area contributed by atoms with Gasteiger partial charge in [-0.05, 0) is 45.1 Å². The summed E-state index contributed by atoms with van der Waals surface area (Å²) in [4.78, 5) is 14.8. The topological polar surface area (TPSA) is 32.3 Å². The lowest BCUT2D eigenvalue weighted by Gasteiger charge is -2.38. The number of nitrogens with zero attached hydrogens (tertiary/aromatic N) is 1. The molecule has 1 aliphatic carbocycles. The highest BCUT2D eigenvalue weighted by atomic mass is 16.2. The second-order valence-corrected chi connectivity index (χ2v) is 5.75. The van der Waals surface area contributed by atoms with E-state index in [1.165, 1.54) is 32.1 Å². The predicted octanol–water partition coefficient (Wildman–Crippen LogP) is 2.02. The monoisotopic (exact) mass is 238 g/mol. The molecular weight excluding hydrogens is 212 g/mol. The SMILES string of the molecule is CNCC1CCCCN1C(=O)C1CCCC1C. The molecule has 0 aromatic carbocycles. The highest BCUT2D eigenvalue weighted by Crippen LogP contribution is 2.34. The third-order valence-corrected chi connectivity index (χ3v) is 4.53. The molecule has 1 saturated carbocycles. The standard InChI is InChI=1S/C14H26N2O/c1-11-6-5-8-13(11)14(17)16-9-4-3-7-12(16)10-15-2/h11-13,15H,3-10H2,1-2H3. The van der Waals surface area contributed by atoms with E-state index in [4.69, 9.17) is 0 Å². The summed E-state index contributed by atoms with van der Waals surface area (Å²) in [6.07, 6.45) is 7.23. The van der Waals surface area contributed by atoms with Crippen LogP contribution in [-0.2, 0) is 4.79 Å². The molecular formula is C14H26N2O. The Morgan fingerprint density at radius 1 is 1.24 bits per heavy atom. The van der Waals surface area contributed by atoms with E-state index >= 15 is 0 Å². The quantitative estimate of drug-likeness (QED) is 0.816. The summed E-state index contributed by atoms with van der Waals surface area (Å²) in [5.41, 5.74) is 0. The van der Waals surface area contributed by atoms with Crippen molar-refractivity contribution in [1.29, 1.82) is 0 Å². The predicted molar refractivity (Wildman–Crippen MR) is 69.8 cm³/mol. The van der Waals surface area contributed by atoms with Crippen molar-refractivity contribution >= 4 is 5.91 Å². The second-order valence-electron chi connectivity index (χ2n) is 5.75. The average Bonchev–Trinajstić information content (AvgIpc) is 2.76. The highest BCUT2D eigenvalue weighted by molar-refractivity contribution is 5.79. The van der Waals surface area contributed by atoms with Gasteiger partial charge in [0.15, 0.2) is 0 Å². The number of amides is 1. The summed E-state index contributed by atoms with van der Waals surface area (Å²) in [6, 6.07) is 0.439. The third-order valence-electron chi connectivity index (χ3n) is 4.53. The second kappa shape index (κ2) is 5.85. The first-order chi connectivity index (χ1) is 8.24. The molecule has 1 N–H and O–H groups in total. The van der Waals surface area contributed by atoms with Crippen LogP contribution in [0.3, 0.4) is 0 Å². The first-order valence-electron chi connectivity index (χ1n) is 7.19. The number of likely N-dealkylation sites (tertiary alicyclic amines) is 1. The summed E-state index contributed by atoms with van der Waals surface area (Å²) in [7, 11) is 1.98. The molecule has 1 saturated heterocycles. The minimum atomic E-state index is 0.312. The largest absolute Gasteiger partial charge is 0.338 e. The zero-order chi connectivity index (χ0) is 12.3. The van der Waals surface area contributed by atoms with Crippen LogP contribution in [0.5, 0.6) is 0 Å². The van der Waals surface area contributed by atoms with Gasteiger partial charge >= 0.3 is 0 Å². The van der Waals surface area contributed by atoms with Crippen molar-refractivity contribution in [3.05, 3.63) is 0 Å². The summed E-state index contributed by atoms with van der Waals surface area (Å²) in [5.74, 6) is 1.35. The van der Waals surface area contributed by atoms with Gasteiger partial charge in [0, 0.05) is 25.0 Å². The molecule has 3 atom stereocenters. The Labute approximate surface area is 105 Å². The molecule has 0 aromatic rings. The number of piperidine rings is 1. The van der Waals surface area contributed by atoms with Gasteiger partial charge in [0.05, 0.1) is 0 Å². The maximum Gasteiger partial charge on any atom is 0.226 e. The van der Waals surface area contributed by atoms with Crippen molar-refractivity contribution in [2.45, 2.75) is 51.5 Å². The lowest BCUT2D eigenvalue weighted by Crippen LogP contribution is -2.50. The van der Waals surface area contributed by atoms with Crippen LogP contribution in [0.15, 0.2) is 0 Å². The number of likely N-dealkylation sites (N-methyl/N-ethyl adjacent to an activating group) is 1. The number of nitrogens with one attached hydrogen (secondary N) is 1. The number of rotatable bonds is 3. The van der Waals surface area contributed by atoms with Crippen molar-refractivity contribution in [2.24, 2.45) is 11.8 Å². The van der Waals surface area contributed by atoms with Gasteiger partial charge in [0.2, 0.25) is 5.91 Å². The minimum Gasteiger partial charge on any atom is -0.338 e. The van der Waals surface area contributed by atoms with Crippen molar-refractivity contribution in [2.75, 3.05) is 20.1 Å². The van der Waals surface area contributed by atoms with Gasteiger partial charge in [-0.1, -0.05) is 13.3 Å². The van der Waals surface area contributed by atoms with Crippen molar-refractivity contribution in [1.82, 2.24) is 10.2 Å². The van der Waals surface area contributed by atoms with E-state index < -0.39 is 0 Å². The molecule has 2 fully saturated rings. The number of hydrogen-bond acceptors (Lipinski definition) is 2. The van der Waals surface area contributed by atoms with Crippen LogP contribution in [0.2, 0.25) is 0 Å². The number of carbonyl (C=O) groups is 1. The van der Waals surface area contributed by atoms with Crippen LogP contribution in [0.4, 0.5) is 0 Å². The van der Waals surface area contributed by atoms with Crippen LogP contribution in [0.1, 0.15) is 45.4 Å². The van der Waals surface area contributed by atoms with E-state index in [9.17, 15) is 4.79 Å². The van der Waals surface area contributed by atoms with Gasteiger partial charge in [0.1, 0.15) is 0 Å². The van der Waals surface area contributed by atoms with Crippen LogP contribution >= 0.6 is 0 Å². The van der Waals surface area contributed by atoms with Gasteiger partial charge in [-0.25, -0.2) is 0 Å². The van der Waals surface area contributed by atoms with Gasteiger partial charge < -0.3 is 10.2 Å². The molecule has 3 unspecified atom stereocenters. The molecule has 1 amide bonds. The summed E-state index contributed by atoms with van der Waals surface area (Å²) < 4.78 is 0. The molecule has 3 heteroatoms. The van der Waals surface area contributed by atoms with Gasteiger partial charge in [-0.15, -0.1) is 0 Å². The molecule has 17 heavy (non-hydrogen) atoms. The summed E-state index contributed by atoms with van der Waals surface area (Å²) in [5, 5.41) is 3.23.